The fraction of sp³-hybridized carbons (Fsp3) is 0.905. The maximum absolute atomic E-state index is 13.4. The largest absolute Gasteiger partial charge is 0.378 e. The molecule has 3 aliphatic heterocycles. The molecular formula is C21H36N4O5S. The van der Waals surface area contributed by atoms with Crippen LogP contribution in [0, 0.1) is 0 Å². The summed E-state index contributed by atoms with van der Waals surface area (Å²) < 4.78 is 29.5. The topological polar surface area (TPSA) is 90.5 Å². The minimum Gasteiger partial charge on any atom is -0.378 e. The normalized spacial score (nSPS) is 27.9. The van der Waals surface area contributed by atoms with Crippen molar-refractivity contribution in [1.29, 1.82) is 0 Å². The first-order chi connectivity index (χ1) is 14.9. The highest BCUT2D eigenvalue weighted by molar-refractivity contribution is 7.91. The smallest absolute Gasteiger partial charge is 0.320 e. The molecule has 0 aromatic heterocycles. The number of sulfone groups is 1. The van der Waals surface area contributed by atoms with E-state index in [0.29, 0.717) is 65.4 Å². The Bertz CT molecular complexity index is 741. The molecular weight excluding hydrogens is 420 g/mol. The van der Waals surface area contributed by atoms with Gasteiger partial charge in [0.1, 0.15) is 0 Å². The zero-order valence-corrected chi connectivity index (χ0v) is 19.2. The van der Waals surface area contributed by atoms with E-state index >= 15 is 0 Å². The molecule has 1 aliphatic carbocycles. The van der Waals surface area contributed by atoms with Crippen LogP contribution in [0.15, 0.2) is 0 Å². The molecule has 4 fully saturated rings. The number of urea groups is 1. The Morgan fingerprint density at radius 3 is 2.10 bits per heavy atom. The van der Waals surface area contributed by atoms with Crippen LogP contribution in [0.3, 0.4) is 0 Å². The third-order valence-corrected chi connectivity index (χ3v) is 8.89. The Kier molecular flexibility index (Phi) is 7.38. The number of carbonyl (C=O) groups is 2. The zero-order chi connectivity index (χ0) is 21.8. The monoisotopic (exact) mass is 456 g/mol. The second kappa shape index (κ2) is 10.0. The summed E-state index contributed by atoms with van der Waals surface area (Å²) in [5.74, 6) is 0.357. The van der Waals surface area contributed by atoms with Crippen molar-refractivity contribution in [3.8, 4) is 0 Å². The average molecular weight is 457 g/mol. The number of nitrogens with zero attached hydrogens (tertiary/aromatic N) is 4. The predicted octanol–water partition coefficient (Wildman–Crippen LogP) is 0.405. The first-order valence-corrected chi connectivity index (χ1v) is 13.6. The minimum absolute atomic E-state index is 0.0574. The molecule has 4 aliphatic rings. The summed E-state index contributed by atoms with van der Waals surface area (Å²) in [7, 11) is -3.04. The van der Waals surface area contributed by atoms with Gasteiger partial charge in [-0.2, -0.15) is 0 Å². The van der Waals surface area contributed by atoms with Gasteiger partial charge in [0.25, 0.3) is 0 Å². The van der Waals surface area contributed by atoms with Crippen molar-refractivity contribution < 1.29 is 22.7 Å². The minimum atomic E-state index is -3.04. The van der Waals surface area contributed by atoms with E-state index < -0.39 is 9.84 Å². The first kappa shape index (κ1) is 22.8. The van der Waals surface area contributed by atoms with Gasteiger partial charge in [-0.15, -0.1) is 0 Å². The SMILES string of the molecule is O=C(N1CCOCC1)N1CCN(CC(=O)N(C2CCCCC2)C2CCS(=O)(=O)C2)CC1. The van der Waals surface area contributed by atoms with E-state index in [1.807, 2.05) is 14.7 Å². The highest BCUT2D eigenvalue weighted by Gasteiger charge is 2.39. The predicted molar refractivity (Wildman–Crippen MR) is 117 cm³/mol. The molecule has 0 N–H and O–H groups in total. The fourth-order valence-corrected chi connectivity index (χ4v) is 7.10. The Balaban J connectivity index is 1.32. The standard InChI is InChI=1S/C21H36N4O5S/c26-20(25(18-4-2-1-3-5-18)19-6-15-31(28,29)17-19)16-22-7-9-23(10-8-22)21(27)24-11-13-30-14-12-24/h18-19H,1-17H2. The van der Waals surface area contributed by atoms with Gasteiger partial charge in [-0.1, -0.05) is 19.3 Å². The maximum atomic E-state index is 13.4. The zero-order valence-electron chi connectivity index (χ0n) is 18.4. The van der Waals surface area contributed by atoms with Gasteiger partial charge >= 0.3 is 6.03 Å². The second-order valence-corrected chi connectivity index (χ2v) is 11.5. The molecule has 3 amide bonds. The lowest BCUT2D eigenvalue weighted by atomic mass is 9.92. The van der Waals surface area contributed by atoms with Gasteiger partial charge in [-0.25, -0.2) is 13.2 Å². The summed E-state index contributed by atoms with van der Waals surface area (Å²) in [5, 5.41) is 0. The fourth-order valence-electron chi connectivity index (χ4n) is 5.38. The Morgan fingerprint density at radius 1 is 0.839 bits per heavy atom. The Hall–Kier alpha value is -1.39. The quantitative estimate of drug-likeness (QED) is 0.609. The Morgan fingerprint density at radius 2 is 1.48 bits per heavy atom. The van der Waals surface area contributed by atoms with E-state index in [1.165, 1.54) is 6.42 Å². The molecule has 176 valence electrons. The lowest BCUT2D eigenvalue weighted by Gasteiger charge is -2.41. The number of hydrogen-bond acceptors (Lipinski definition) is 6. The molecule has 9 nitrogen and oxygen atoms in total. The average Bonchev–Trinajstić information content (AvgIpc) is 3.14. The van der Waals surface area contributed by atoms with Crippen molar-refractivity contribution in [2.75, 3.05) is 70.5 Å². The van der Waals surface area contributed by atoms with E-state index in [9.17, 15) is 18.0 Å². The van der Waals surface area contributed by atoms with Crippen molar-refractivity contribution in [3.63, 3.8) is 0 Å². The lowest BCUT2D eigenvalue weighted by Crippen LogP contribution is -2.57. The van der Waals surface area contributed by atoms with E-state index in [-0.39, 0.29) is 35.5 Å². The molecule has 3 saturated heterocycles. The molecule has 31 heavy (non-hydrogen) atoms. The number of piperazine rings is 1. The number of amides is 3. The van der Waals surface area contributed by atoms with Crippen LogP contribution in [0.4, 0.5) is 4.79 Å². The molecule has 0 spiro atoms. The van der Waals surface area contributed by atoms with E-state index in [1.54, 1.807) is 0 Å². The van der Waals surface area contributed by atoms with Crippen LogP contribution >= 0.6 is 0 Å². The number of ether oxygens (including phenoxy) is 1. The van der Waals surface area contributed by atoms with Gasteiger partial charge in [-0.05, 0) is 19.3 Å². The van der Waals surface area contributed by atoms with Crippen molar-refractivity contribution in [1.82, 2.24) is 19.6 Å². The van der Waals surface area contributed by atoms with Crippen LogP contribution in [0.25, 0.3) is 0 Å². The van der Waals surface area contributed by atoms with Crippen molar-refractivity contribution in [3.05, 3.63) is 0 Å². The summed E-state index contributed by atoms with van der Waals surface area (Å²) in [6.07, 6.45) is 5.92. The number of carbonyl (C=O) groups excluding carboxylic acids is 2. The van der Waals surface area contributed by atoms with Crippen molar-refractivity contribution in [2.24, 2.45) is 0 Å². The molecule has 0 radical (unpaired) electrons. The van der Waals surface area contributed by atoms with Gasteiger partial charge in [0.05, 0.1) is 31.3 Å². The molecule has 3 heterocycles. The van der Waals surface area contributed by atoms with Crippen molar-refractivity contribution >= 4 is 21.8 Å². The van der Waals surface area contributed by atoms with Crippen LogP contribution in [-0.2, 0) is 19.4 Å². The van der Waals surface area contributed by atoms with Gasteiger partial charge in [0, 0.05) is 51.4 Å². The maximum Gasteiger partial charge on any atom is 0.320 e. The molecule has 0 aromatic carbocycles. The third kappa shape index (κ3) is 5.70. The molecule has 1 saturated carbocycles. The number of rotatable bonds is 4. The highest BCUT2D eigenvalue weighted by Crippen LogP contribution is 2.28. The van der Waals surface area contributed by atoms with Crippen molar-refractivity contribution in [2.45, 2.75) is 50.6 Å². The lowest BCUT2D eigenvalue weighted by molar-refractivity contribution is -0.138. The summed E-state index contributed by atoms with van der Waals surface area (Å²) >= 11 is 0. The summed E-state index contributed by atoms with van der Waals surface area (Å²) in [4.78, 5) is 33.8. The molecule has 4 rings (SSSR count). The van der Waals surface area contributed by atoms with Gasteiger partial charge < -0.3 is 19.4 Å². The Labute approximate surface area is 185 Å². The molecule has 10 heteroatoms. The van der Waals surface area contributed by atoms with E-state index in [0.717, 1.165) is 25.7 Å². The molecule has 0 bridgehead atoms. The van der Waals surface area contributed by atoms with E-state index in [4.69, 9.17) is 4.74 Å². The van der Waals surface area contributed by atoms with Crippen LogP contribution in [-0.4, -0.2) is 123 Å². The van der Waals surface area contributed by atoms with Crippen LogP contribution in [0.5, 0.6) is 0 Å². The molecule has 1 atom stereocenters. The summed E-state index contributed by atoms with van der Waals surface area (Å²) in [6, 6.07) is 0.0581. The third-order valence-electron chi connectivity index (χ3n) is 7.14. The molecule has 1 unspecified atom stereocenters. The van der Waals surface area contributed by atoms with Gasteiger partial charge in [0.15, 0.2) is 9.84 Å². The van der Waals surface area contributed by atoms with E-state index in [2.05, 4.69) is 4.90 Å². The number of morpholine rings is 1. The summed E-state index contributed by atoms with van der Waals surface area (Å²) in [6.45, 7) is 5.34. The summed E-state index contributed by atoms with van der Waals surface area (Å²) in [5.41, 5.74) is 0. The van der Waals surface area contributed by atoms with Crippen LogP contribution < -0.4 is 0 Å². The van der Waals surface area contributed by atoms with Gasteiger partial charge in [0.2, 0.25) is 5.91 Å². The molecule has 0 aromatic rings. The first-order valence-electron chi connectivity index (χ1n) is 11.8. The van der Waals surface area contributed by atoms with Crippen LogP contribution in [0.2, 0.25) is 0 Å². The number of hydrogen-bond donors (Lipinski definition) is 0. The van der Waals surface area contributed by atoms with Crippen LogP contribution in [0.1, 0.15) is 38.5 Å². The highest BCUT2D eigenvalue weighted by atomic mass is 32.2. The van der Waals surface area contributed by atoms with Gasteiger partial charge in [-0.3, -0.25) is 9.69 Å². The second-order valence-electron chi connectivity index (χ2n) is 9.29.